The minimum absolute atomic E-state index is 0.125. The molecule has 8 heteroatoms. The summed E-state index contributed by atoms with van der Waals surface area (Å²) in [5.74, 6) is 0.524. The van der Waals surface area contributed by atoms with E-state index in [0.29, 0.717) is 30.5 Å². The maximum absolute atomic E-state index is 13.0. The zero-order valence-corrected chi connectivity index (χ0v) is 20.6. The van der Waals surface area contributed by atoms with Crippen LogP contribution in [-0.4, -0.2) is 63.8 Å². The van der Waals surface area contributed by atoms with Crippen LogP contribution in [0.5, 0.6) is 5.75 Å². The third kappa shape index (κ3) is 4.17. The number of nitrogens with one attached hydrogen (secondary N) is 1. The molecule has 1 aromatic heterocycles. The number of pyridine rings is 1. The molecular weight excluding hydrogens is 456 g/mol. The number of ether oxygens (including phenoxy) is 1. The lowest BCUT2D eigenvalue weighted by Gasteiger charge is -2.48. The van der Waals surface area contributed by atoms with Crippen LogP contribution in [0.15, 0.2) is 36.7 Å². The zero-order valence-electron chi connectivity index (χ0n) is 20.6. The van der Waals surface area contributed by atoms with Crippen LogP contribution in [-0.2, 0) is 16.1 Å². The van der Waals surface area contributed by atoms with Crippen molar-refractivity contribution in [2.45, 2.75) is 76.1 Å². The van der Waals surface area contributed by atoms with Gasteiger partial charge in [-0.15, -0.1) is 0 Å². The van der Waals surface area contributed by atoms with Gasteiger partial charge in [-0.3, -0.25) is 29.6 Å². The fraction of sp³-hybridized carbons (Fsp3) is 0.500. The summed E-state index contributed by atoms with van der Waals surface area (Å²) in [6.07, 6.45) is 9.13. The number of rotatable bonds is 5. The number of amides is 3. The number of carbonyl (C=O) groups excluding carboxylic acids is 3. The predicted molar refractivity (Wildman–Crippen MR) is 132 cm³/mol. The second-order valence-electron chi connectivity index (χ2n) is 10.6. The molecule has 188 valence electrons. The highest BCUT2D eigenvalue weighted by molar-refractivity contribution is 6.05. The van der Waals surface area contributed by atoms with Crippen molar-refractivity contribution >= 4 is 17.7 Å². The number of piperidine rings is 1. The van der Waals surface area contributed by atoms with Crippen molar-refractivity contribution < 1.29 is 19.1 Å². The molecule has 3 fully saturated rings. The van der Waals surface area contributed by atoms with E-state index >= 15 is 0 Å². The summed E-state index contributed by atoms with van der Waals surface area (Å²) < 4.78 is 6.56. The Morgan fingerprint density at radius 3 is 2.69 bits per heavy atom. The summed E-state index contributed by atoms with van der Waals surface area (Å²) in [5.41, 5.74) is 4.16. The summed E-state index contributed by atoms with van der Waals surface area (Å²) in [6, 6.07) is 7.61. The molecule has 0 spiro atoms. The van der Waals surface area contributed by atoms with Gasteiger partial charge in [-0.2, -0.15) is 0 Å². The molecule has 2 saturated heterocycles. The Morgan fingerprint density at radius 1 is 1.06 bits per heavy atom. The molecule has 36 heavy (non-hydrogen) atoms. The molecule has 0 bridgehead atoms. The molecule has 3 amide bonds. The van der Waals surface area contributed by atoms with Gasteiger partial charge in [0.05, 0.1) is 0 Å². The summed E-state index contributed by atoms with van der Waals surface area (Å²) in [6.45, 7) is 4.60. The Hall–Kier alpha value is -3.26. The molecule has 4 aliphatic rings. The fourth-order valence-electron chi connectivity index (χ4n) is 6.35. The highest BCUT2D eigenvalue weighted by Crippen LogP contribution is 2.37. The van der Waals surface area contributed by atoms with E-state index in [0.717, 1.165) is 43.7 Å². The average molecular weight is 489 g/mol. The Kier molecular flexibility index (Phi) is 5.99. The highest BCUT2D eigenvalue weighted by atomic mass is 16.5. The average Bonchev–Trinajstić information content (AvgIpc) is 3.16. The van der Waals surface area contributed by atoms with Gasteiger partial charge in [0.25, 0.3) is 5.91 Å². The first-order chi connectivity index (χ1) is 17.5. The van der Waals surface area contributed by atoms with Gasteiger partial charge in [0.15, 0.2) is 0 Å². The third-order valence-corrected chi connectivity index (χ3v) is 8.33. The van der Waals surface area contributed by atoms with Gasteiger partial charge in [-0.05, 0) is 73.6 Å². The number of fused-ring (bicyclic) bond motifs is 1. The standard InChI is InChI=1S/C28H32N4O4/c1-17-13-29-11-10-21(17)19-14-31(15-19)23-4-2-3-5-25(23)36-20-6-7-22-18(12-20)16-32(28(22)35)24-8-9-26(33)30-27(24)34/h6-7,10-13,19,23-25H,2-5,8-9,14-16H2,1H3,(H,30,33,34)/t23-,24+,25-/m1/s1. The molecule has 1 aliphatic carbocycles. The van der Waals surface area contributed by atoms with Crippen molar-refractivity contribution in [2.24, 2.45) is 0 Å². The predicted octanol–water partition coefficient (Wildman–Crippen LogP) is 2.94. The lowest BCUT2D eigenvalue weighted by atomic mass is 9.83. The number of likely N-dealkylation sites (tertiary alicyclic amines) is 1. The zero-order chi connectivity index (χ0) is 24.8. The Labute approximate surface area is 211 Å². The maximum atomic E-state index is 13.0. The molecule has 3 atom stereocenters. The Morgan fingerprint density at radius 2 is 1.89 bits per heavy atom. The number of aryl methyl sites for hydroxylation is 1. The summed E-state index contributed by atoms with van der Waals surface area (Å²) >= 11 is 0. The topological polar surface area (TPSA) is 91.8 Å². The van der Waals surface area contributed by atoms with Crippen LogP contribution in [0.3, 0.4) is 0 Å². The van der Waals surface area contributed by atoms with Crippen LogP contribution in [0.25, 0.3) is 0 Å². The van der Waals surface area contributed by atoms with E-state index in [4.69, 9.17) is 4.74 Å². The quantitative estimate of drug-likeness (QED) is 0.651. The van der Waals surface area contributed by atoms with Crippen molar-refractivity contribution in [3.63, 3.8) is 0 Å². The van der Waals surface area contributed by atoms with Gasteiger partial charge in [0.1, 0.15) is 17.9 Å². The Balaban J connectivity index is 1.12. The van der Waals surface area contributed by atoms with E-state index < -0.39 is 6.04 Å². The number of imide groups is 1. The first kappa shape index (κ1) is 23.2. The monoisotopic (exact) mass is 488 g/mol. The van der Waals surface area contributed by atoms with Gasteiger partial charge in [0, 0.05) is 56.0 Å². The normalized spacial score (nSPS) is 27.0. The summed E-state index contributed by atoms with van der Waals surface area (Å²) in [5, 5.41) is 2.36. The van der Waals surface area contributed by atoms with Gasteiger partial charge < -0.3 is 9.64 Å². The minimum atomic E-state index is -0.599. The van der Waals surface area contributed by atoms with Gasteiger partial charge in [0.2, 0.25) is 11.8 Å². The largest absolute Gasteiger partial charge is 0.489 e. The molecule has 3 aliphatic heterocycles. The first-order valence-corrected chi connectivity index (χ1v) is 13.1. The first-order valence-electron chi connectivity index (χ1n) is 13.1. The molecule has 4 heterocycles. The number of hydrogen-bond donors (Lipinski definition) is 1. The van der Waals surface area contributed by atoms with E-state index in [1.54, 1.807) is 4.90 Å². The molecule has 1 saturated carbocycles. The molecule has 0 radical (unpaired) electrons. The molecule has 0 unspecified atom stereocenters. The van der Waals surface area contributed by atoms with Crippen LogP contribution in [0, 0.1) is 6.92 Å². The molecule has 1 N–H and O–H groups in total. The van der Waals surface area contributed by atoms with Gasteiger partial charge in [-0.25, -0.2) is 0 Å². The fourth-order valence-corrected chi connectivity index (χ4v) is 6.35. The van der Waals surface area contributed by atoms with Crippen LogP contribution in [0.4, 0.5) is 0 Å². The van der Waals surface area contributed by atoms with Crippen LogP contribution >= 0.6 is 0 Å². The molecular formula is C28H32N4O4. The number of nitrogens with zero attached hydrogens (tertiary/aromatic N) is 3. The lowest BCUT2D eigenvalue weighted by molar-refractivity contribution is -0.136. The van der Waals surface area contributed by atoms with Crippen LogP contribution < -0.4 is 10.1 Å². The van der Waals surface area contributed by atoms with Crippen LogP contribution in [0.1, 0.15) is 71.5 Å². The number of benzene rings is 1. The number of hydrogen-bond acceptors (Lipinski definition) is 6. The summed E-state index contributed by atoms with van der Waals surface area (Å²) in [4.78, 5) is 45.2. The molecule has 6 rings (SSSR count). The second-order valence-corrected chi connectivity index (χ2v) is 10.6. The molecule has 1 aromatic carbocycles. The van der Waals surface area contributed by atoms with Gasteiger partial charge in [-0.1, -0.05) is 6.42 Å². The Bertz CT molecular complexity index is 1210. The van der Waals surface area contributed by atoms with Crippen molar-refractivity contribution in [3.8, 4) is 5.75 Å². The maximum Gasteiger partial charge on any atom is 0.255 e. The van der Waals surface area contributed by atoms with E-state index in [-0.39, 0.29) is 30.2 Å². The molecule has 8 nitrogen and oxygen atoms in total. The van der Waals surface area contributed by atoms with Crippen molar-refractivity contribution in [2.75, 3.05) is 13.1 Å². The third-order valence-electron chi connectivity index (χ3n) is 8.33. The van der Waals surface area contributed by atoms with E-state index in [2.05, 4.69) is 28.2 Å². The number of aromatic nitrogens is 1. The smallest absolute Gasteiger partial charge is 0.255 e. The van der Waals surface area contributed by atoms with Crippen LogP contribution in [0.2, 0.25) is 0 Å². The molecule has 2 aromatic rings. The summed E-state index contributed by atoms with van der Waals surface area (Å²) in [7, 11) is 0. The highest BCUT2D eigenvalue weighted by Gasteiger charge is 2.41. The lowest BCUT2D eigenvalue weighted by Crippen LogP contribution is -2.57. The SMILES string of the molecule is Cc1cnccc1C1CN([C@@H]2CCCC[C@H]2Oc2ccc3c(c2)CN([C@H]2CCC(=O)NC2=O)C3=O)C1. The van der Waals surface area contributed by atoms with E-state index in [1.165, 1.54) is 17.5 Å². The second kappa shape index (κ2) is 9.32. The van der Waals surface area contributed by atoms with Crippen molar-refractivity contribution in [1.82, 2.24) is 20.1 Å². The van der Waals surface area contributed by atoms with E-state index in [9.17, 15) is 14.4 Å². The van der Waals surface area contributed by atoms with Crippen molar-refractivity contribution in [1.29, 1.82) is 0 Å². The van der Waals surface area contributed by atoms with E-state index in [1.807, 2.05) is 30.6 Å². The van der Waals surface area contributed by atoms with Crippen molar-refractivity contribution in [3.05, 3.63) is 58.9 Å². The minimum Gasteiger partial charge on any atom is -0.489 e. The van der Waals surface area contributed by atoms with Gasteiger partial charge >= 0.3 is 0 Å². The number of carbonyl (C=O) groups is 3.